The van der Waals surface area contributed by atoms with E-state index in [1.807, 2.05) is 20.8 Å². The standard InChI is InChI=1S/C13H22N2O2/c1-13(2,3)17-12(16)15-9-6-11(7-10-15)5-8-14-4/h11H,5-10H2,1-3H3. The maximum absolute atomic E-state index is 11.8. The zero-order valence-electron chi connectivity index (χ0n) is 11.0. The highest BCUT2D eigenvalue weighted by molar-refractivity contribution is 5.68. The summed E-state index contributed by atoms with van der Waals surface area (Å²) in [6.07, 6.45) is 2.75. The Morgan fingerprint density at radius 1 is 1.41 bits per heavy atom. The minimum absolute atomic E-state index is 0.207. The molecule has 1 heterocycles. The van der Waals surface area contributed by atoms with Crippen molar-refractivity contribution in [1.82, 2.24) is 4.90 Å². The van der Waals surface area contributed by atoms with E-state index in [1.165, 1.54) is 0 Å². The molecule has 4 heteroatoms. The van der Waals surface area contributed by atoms with Crippen LogP contribution in [0.2, 0.25) is 0 Å². The lowest BCUT2D eigenvalue weighted by Crippen LogP contribution is -2.41. The van der Waals surface area contributed by atoms with E-state index in [0.717, 1.165) is 32.4 Å². The Balaban J connectivity index is 2.32. The van der Waals surface area contributed by atoms with Gasteiger partial charge in [0.15, 0.2) is 0 Å². The number of ether oxygens (including phenoxy) is 1. The Hall–Kier alpha value is -1.24. The molecule has 1 aliphatic heterocycles. The van der Waals surface area contributed by atoms with Crippen molar-refractivity contribution in [2.24, 2.45) is 5.92 Å². The van der Waals surface area contributed by atoms with Gasteiger partial charge in [-0.2, -0.15) is 0 Å². The Morgan fingerprint density at radius 3 is 2.47 bits per heavy atom. The first-order chi connectivity index (χ1) is 7.92. The van der Waals surface area contributed by atoms with Gasteiger partial charge in [0.1, 0.15) is 5.60 Å². The molecule has 0 unspecified atom stereocenters. The summed E-state index contributed by atoms with van der Waals surface area (Å²) >= 11 is 0. The molecule has 1 aliphatic rings. The number of nitrogens with zero attached hydrogens (tertiary/aromatic N) is 2. The largest absolute Gasteiger partial charge is 0.444 e. The zero-order chi connectivity index (χ0) is 12.9. The number of carbonyl (C=O) groups excluding carboxylic acids is 1. The van der Waals surface area contributed by atoms with Gasteiger partial charge in [0, 0.05) is 19.5 Å². The van der Waals surface area contributed by atoms with Crippen LogP contribution in [0.25, 0.3) is 4.85 Å². The van der Waals surface area contributed by atoms with E-state index in [0.29, 0.717) is 12.5 Å². The number of carbonyl (C=O) groups is 1. The molecule has 0 saturated carbocycles. The number of hydrogen-bond acceptors (Lipinski definition) is 2. The van der Waals surface area contributed by atoms with Crippen LogP contribution in [0.15, 0.2) is 0 Å². The second-order valence-corrected chi connectivity index (χ2v) is 5.58. The highest BCUT2D eigenvalue weighted by Crippen LogP contribution is 2.22. The van der Waals surface area contributed by atoms with E-state index in [2.05, 4.69) is 4.85 Å². The molecular formula is C13H22N2O2. The Labute approximate surface area is 104 Å². The summed E-state index contributed by atoms with van der Waals surface area (Å²) in [6, 6.07) is 0. The van der Waals surface area contributed by atoms with Crippen LogP contribution in [-0.4, -0.2) is 36.2 Å². The second kappa shape index (κ2) is 5.90. The fraction of sp³-hybridized carbons (Fsp3) is 0.846. The minimum atomic E-state index is -0.419. The lowest BCUT2D eigenvalue weighted by atomic mass is 9.94. The van der Waals surface area contributed by atoms with Gasteiger partial charge in [0.25, 0.3) is 0 Å². The molecule has 0 bridgehead atoms. The molecule has 0 spiro atoms. The summed E-state index contributed by atoms with van der Waals surface area (Å²) < 4.78 is 5.33. The van der Waals surface area contributed by atoms with Crippen molar-refractivity contribution in [1.29, 1.82) is 0 Å². The molecule has 96 valence electrons. The first-order valence-corrected chi connectivity index (χ1v) is 6.23. The SMILES string of the molecule is [C-]#[N+]CCC1CCN(C(=O)OC(C)(C)C)CC1. The molecule has 1 amide bonds. The van der Waals surface area contributed by atoms with Gasteiger partial charge in [-0.15, -0.1) is 0 Å². The Kier molecular flexibility index (Phi) is 4.80. The van der Waals surface area contributed by atoms with E-state index in [1.54, 1.807) is 4.90 Å². The Bertz CT molecular complexity index is 294. The minimum Gasteiger partial charge on any atom is -0.444 e. The van der Waals surface area contributed by atoms with Crippen LogP contribution in [0.5, 0.6) is 0 Å². The van der Waals surface area contributed by atoms with E-state index < -0.39 is 5.60 Å². The van der Waals surface area contributed by atoms with Gasteiger partial charge in [-0.25, -0.2) is 11.4 Å². The first kappa shape index (κ1) is 13.8. The van der Waals surface area contributed by atoms with Gasteiger partial charge in [-0.05, 0) is 39.5 Å². The number of piperidine rings is 1. The molecule has 1 rings (SSSR count). The lowest BCUT2D eigenvalue weighted by Gasteiger charge is -2.32. The van der Waals surface area contributed by atoms with Gasteiger partial charge in [0.05, 0.1) is 0 Å². The topological polar surface area (TPSA) is 33.9 Å². The van der Waals surface area contributed by atoms with Crippen LogP contribution >= 0.6 is 0 Å². The maximum Gasteiger partial charge on any atom is 0.410 e. The highest BCUT2D eigenvalue weighted by Gasteiger charge is 2.26. The normalized spacial score (nSPS) is 17.6. The molecule has 0 atom stereocenters. The molecule has 4 nitrogen and oxygen atoms in total. The third-order valence-corrected chi connectivity index (χ3v) is 2.92. The lowest BCUT2D eigenvalue weighted by molar-refractivity contribution is 0.0182. The highest BCUT2D eigenvalue weighted by atomic mass is 16.6. The molecule has 0 radical (unpaired) electrons. The molecule has 0 N–H and O–H groups in total. The van der Waals surface area contributed by atoms with Crippen LogP contribution < -0.4 is 0 Å². The number of hydrogen-bond donors (Lipinski definition) is 0. The van der Waals surface area contributed by atoms with Crippen LogP contribution in [0, 0.1) is 12.5 Å². The quantitative estimate of drug-likeness (QED) is 0.693. The molecule has 0 aromatic rings. The average Bonchev–Trinajstić information content (AvgIpc) is 2.24. The molecule has 1 fully saturated rings. The van der Waals surface area contributed by atoms with Gasteiger partial charge in [-0.3, -0.25) is 0 Å². The number of rotatable bonds is 2. The van der Waals surface area contributed by atoms with Crippen molar-refractivity contribution in [3.05, 3.63) is 11.4 Å². The van der Waals surface area contributed by atoms with E-state index in [9.17, 15) is 4.79 Å². The molecular weight excluding hydrogens is 216 g/mol. The van der Waals surface area contributed by atoms with Gasteiger partial charge in [-0.1, -0.05) is 0 Å². The van der Waals surface area contributed by atoms with Crippen molar-refractivity contribution in [2.45, 2.75) is 45.6 Å². The van der Waals surface area contributed by atoms with Gasteiger partial charge in [0.2, 0.25) is 6.54 Å². The fourth-order valence-corrected chi connectivity index (χ4v) is 1.98. The van der Waals surface area contributed by atoms with Crippen LogP contribution in [-0.2, 0) is 4.74 Å². The van der Waals surface area contributed by atoms with E-state index in [-0.39, 0.29) is 6.09 Å². The van der Waals surface area contributed by atoms with Crippen molar-refractivity contribution in [3.8, 4) is 0 Å². The molecule has 0 aromatic heterocycles. The summed E-state index contributed by atoms with van der Waals surface area (Å²) in [6.45, 7) is 14.5. The molecule has 0 aromatic carbocycles. The van der Waals surface area contributed by atoms with Crippen LogP contribution in [0.4, 0.5) is 4.79 Å². The second-order valence-electron chi connectivity index (χ2n) is 5.58. The monoisotopic (exact) mass is 238 g/mol. The van der Waals surface area contributed by atoms with Crippen molar-refractivity contribution in [2.75, 3.05) is 19.6 Å². The summed E-state index contributed by atoms with van der Waals surface area (Å²) in [5.74, 6) is 0.600. The van der Waals surface area contributed by atoms with E-state index in [4.69, 9.17) is 11.3 Å². The van der Waals surface area contributed by atoms with Crippen molar-refractivity contribution in [3.63, 3.8) is 0 Å². The number of amides is 1. The van der Waals surface area contributed by atoms with Crippen molar-refractivity contribution >= 4 is 6.09 Å². The molecule has 0 aliphatic carbocycles. The fourth-order valence-electron chi connectivity index (χ4n) is 1.98. The van der Waals surface area contributed by atoms with Crippen molar-refractivity contribution < 1.29 is 9.53 Å². The first-order valence-electron chi connectivity index (χ1n) is 6.23. The average molecular weight is 238 g/mol. The predicted octanol–water partition coefficient (Wildman–Crippen LogP) is 2.94. The van der Waals surface area contributed by atoms with Crippen LogP contribution in [0.3, 0.4) is 0 Å². The van der Waals surface area contributed by atoms with Gasteiger partial charge < -0.3 is 14.5 Å². The van der Waals surface area contributed by atoms with Crippen LogP contribution in [0.1, 0.15) is 40.0 Å². The number of likely N-dealkylation sites (tertiary alicyclic amines) is 1. The molecule has 17 heavy (non-hydrogen) atoms. The summed E-state index contributed by atoms with van der Waals surface area (Å²) in [4.78, 5) is 16.9. The summed E-state index contributed by atoms with van der Waals surface area (Å²) in [5.41, 5.74) is -0.419. The molecule has 1 saturated heterocycles. The Morgan fingerprint density at radius 2 is 2.00 bits per heavy atom. The smallest absolute Gasteiger partial charge is 0.410 e. The van der Waals surface area contributed by atoms with Gasteiger partial charge >= 0.3 is 6.09 Å². The van der Waals surface area contributed by atoms with E-state index >= 15 is 0 Å². The zero-order valence-corrected chi connectivity index (χ0v) is 11.0. The third-order valence-electron chi connectivity index (χ3n) is 2.92. The summed E-state index contributed by atoms with van der Waals surface area (Å²) in [5, 5.41) is 0. The summed E-state index contributed by atoms with van der Waals surface area (Å²) in [7, 11) is 0. The predicted molar refractivity (Wildman–Crippen MR) is 66.6 cm³/mol. The third kappa shape index (κ3) is 5.08. The maximum atomic E-state index is 11.8.